The molecular formula is C32H32F7N5O6. The number of pyridine rings is 1. The van der Waals surface area contributed by atoms with Gasteiger partial charge < -0.3 is 35.5 Å². The minimum absolute atomic E-state index is 0.0109. The molecule has 18 heteroatoms. The summed E-state index contributed by atoms with van der Waals surface area (Å²) in [4.78, 5) is 41.6. The molecule has 0 saturated carbocycles. The predicted octanol–water partition coefficient (Wildman–Crippen LogP) is 4.71. The maximum Gasteiger partial charge on any atom is 0.407 e. The van der Waals surface area contributed by atoms with Crippen LogP contribution in [0.25, 0.3) is 0 Å². The Kier molecular flexibility index (Phi) is 12.9. The van der Waals surface area contributed by atoms with Crippen LogP contribution in [-0.2, 0) is 25.4 Å². The summed E-state index contributed by atoms with van der Waals surface area (Å²) >= 11 is 0. The zero-order valence-electron chi connectivity index (χ0n) is 26.3. The molecule has 11 nitrogen and oxygen atoms in total. The first kappa shape index (κ1) is 37.8. The van der Waals surface area contributed by atoms with Gasteiger partial charge in [-0.2, -0.15) is 13.2 Å². The number of hydrogen-bond donors (Lipinski definition) is 4. The molecule has 2 heterocycles. The Morgan fingerprint density at radius 2 is 1.70 bits per heavy atom. The molecule has 4 N–H and O–H groups in total. The third-order valence-electron chi connectivity index (χ3n) is 7.60. The molecule has 50 heavy (non-hydrogen) atoms. The number of halogens is 7. The second-order valence-electron chi connectivity index (χ2n) is 11.1. The van der Waals surface area contributed by atoms with Crippen LogP contribution in [0.4, 0.5) is 46.0 Å². The average molecular weight is 716 g/mol. The molecule has 0 aliphatic carbocycles. The lowest BCUT2D eigenvalue weighted by Gasteiger charge is -2.30. The van der Waals surface area contributed by atoms with E-state index in [-0.39, 0.29) is 55.0 Å². The number of hydrogen-bond acceptors (Lipinski definition) is 8. The third kappa shape index (κ3) is 10.8. The van der Waals surface area contributed by atoms with Gasteiger partial charge >= 0.3 is 18.4 Å². The van der Waals surface area contributed by atoms with E-state index >= 15 is 4.39 Å². The summed E-state index contributed by atoms with van der Waals surface area (Å²) < 4.78 is 109. The van der Waals surface area contributed by atoms with Crippen LogP contribution in [0, 0.1) is 23.3 Å². The second kappa shape index (κ2) is 17.1. The predicted molar refractivity (Wildman–Crippen MR) is 162 cm³/mol. The summed E-state index contributed by atoms with van der Waals surface area (Å²) in [5.41, 5.74) is 0.220. The standard InChI is InChI=1S/C32H32F7N5O6/c1-48-31(47)44-28(27(17-2-5-19(33)6-3-17)18-4-9-23(34)24(35)10-18)29(45)43-26-13-40-12-25(36)22(26)8-7-21-11-41-20(14-49-21)15-50-30(46)42-16-32(37,38)39/h2-6,9-10,12-13,20-21,27-28,41H,7-8,11,14-16H2,1H3,(H,42,46)(H,43,45)(H,44,47)/t20-,21+,27-,28-/m0/s1. The number of carbonyl (C=O) groups is 3. The van der Waals surface area contributed by atoms with Gasteiger partial charge in [-0.3, -0.25) is 9.78 Å². The largest absolute Gasteiger partial charge is 0.453 e. The Morgan fingerprint density at radius 3 is 2.34 bits per heavy atom. The van der Waals surface area contributed by atoms with E-state index < -0.39 is 78.2 Å². The quantitative estimate of drug-likeness (QED) is 0.198. The highest BCUT2D eigenvalue weighted by Gasteiger charge is 2.34. The normalized spacial score (nSPS) is 17.3. The number of methoxy groups -OCH3 is 1. The number of amides is 3. The van der Waals surface area contributed by atoms with Gasteiger partial charge in [0.15, 0.2) is 11.6 Å². The smallest absolute Gasteiger partial charge is 0.407 e. The van der Waals surface area contributed by atoms with Crippen LogP contribution in [0.2, 0.25) is 0 Å². The Balaban J connectivity index is 1.47. The molecule has 1 aliphatic rings. The Hall–Kier alpha value is -4.97. The van der Waals surface area contributed by atoms with E-state index in [4.69, 9.17) is 9.47 Å². The molecule has 3 aromatic rings. The van der Waals surface area contributed by atoms with Gasteiger partial charge in [0.05, 0.1) is 43.9 Å². The second-order valence-corrected chi connectivity index (χ2v) is 11.1. The first-order valence-electron chi connectivity index (χ1n) is 15.0. The molecule has 4 atom stereocenters. The van der Waals surface area contributed by atoms with Crippen LogP contribution in [0.15, 0.2) is 54.9 Å². The molecule has 3 amide bonds. The van der Waals surface area contributed by atoms with Crippen LogP contribution < -0.4 is 21.3 Å². The number of rotatable bonds is 12. The monoisotopic (exact) mass is 715 g/mol. The first-order valence-corrected chi connectivity index (χ1v) is 15.0. The maximum atomic E-state index is 15.1. The number of alkyl carbamates (subject to hydrolysis) is 2. The Morgan fingerprint density at radius 1 is 0.980 bits per heavy atom. The average Bonchev–Trinajstić information content (AvgIpc) is 3.08. The van der Waals surface area contributed by atoms with Crippen molar-refractivity contribution >= 4 is 23.8 Å². The molecule has 1 aromatic heterocycles. The van der Waals surface area contributed by atoms with Crippen molar-refractivity contribution in [3.05, 3.63) is 94.8 Å². The summed E-state index contributed by atoms with van der Waals surface area (Å²) in [6.45, 7) is -1.57. The van der Waals surface area contributed by atoms with Crippen LogP contribution in [0.5, 0.6) is 0 Å². The lowest BCUT2D eigenvalue weighted by molar-refractivity contribution is -0.124. The van der Waals surface area contributed by atoms with E-state index in [1.165, 1.54) is 24.4 Å². The summed E-state index contributed by atoms with van der Waals surface area (Å²) in [6.07, 6.45) is -5.05. The molecule has 4 rings (SSSR count). The van der Waals surface area contributed by atoms with Crippen LogP contribution in [0.3, 0.4) is 0 Å². The number of carbonyl (C=O) groups excluding carboxylic acids is 3. The van der Waals surface area contributed by atoms with Crippen molar-refractivity contribution in [3.8, 4) is 0 Å². The van der Waals surface area contributed by atoms with Gasteiger partial charge in [0.1, 0.15) is 30.8 Å². The van der Waals surface area contributed by atoms with Crippen molar-refractivity contribution in [2.75, 3.05) is 38.7 Å². The maximum absolute atomic E-state index is 15.1. The fraction of sp³-hybridized carbons (Fsp3) is 0.375. The number of ether oxygens (including phenoxy) is 3. The molecule has 0 radical (unpaired) electrons. The fourth-order valence-corrected chi connectivity index (χ4v) is 5.14. The van der Waals surface area contributed by atoms with Crippen LogP contribution >= 0.6 is 0 Å². The van der Waals surface area contributed by atoms with Gasteiger partial charge in [0, 0.05) is 18.0 Å². The van der Waals surface area contributed by atoms with E-state index in [1.54, 1.807) is 5.32 Å². The zero-order chi connectivity index (χ0) is 36.4. The van der Waals surface area contributed by atoms with Gasteiger partial charge in [-0.15, -0.1) is 0 Å². The van der Waals surface area contributed by atoms with Crippen molar-refractivity contribution in [2.45, 2.75) is 43.1 Å². The van der Waals surface area contributed by atoms with Crippen molar-refractivity contribution in [1.29, 1.82) is 0 Å². The van der Waals surface area contributed by atoms with E-state index in [0.717, 1.165) is 37.6 Å². The molecule has 270 valence electrons. The SMILES string of the molecule is COC(=O)N[C@H](C(=O)Nc1cncc(F)c1CC[C@@H]1CN[C@H](COC(=O)NCC(F)(F)F)CO1)[C@@H](c1ccc(F)cc1)c1ccc(F)c(F)c1. The van der Waals surface area contributed by atoms with Gasteiger partial charge in [0.25, 0.3) is 0 Å². The van der Waals surface area contributed by atoms with E-state index in [1.807, 2.05) is 0 Å². The minimum atomic E-state index is -4.59. The number of anilines is 1. The highest BCUT2D eigenvalue weighted by molar-refractivity contribution is 5.98. The van der Waals surface area contributed by atoms with Crippen molar-refractivity contribution in [2.24, 2.45) is 0 Å². The highest BCUT2D eigenvalue weighted by atomic mass is 19.4. The Labute approximate surface area is 280 Å². The molecule has 0 unspecified atom stereocenters. The molecule has 2 aromatic carbocycles. The van der Waals surface area contributed by atoms with Crippen molar-refractivity contribution in [1.82, 2.24) is 20.9 Å². The topological polar surface area (TPSA) is 140 Å². The number of nitrogens with zero attached hydrogens (tertiary/aromatic N) is 1. The zero-order valence-corrected chi connectivity index (χ0v) is 26.3. The van der Waals surface area contributed by atoms with Gasteiger partial charge in [-0.1, -0.05) is 18.2 Å². The van der Waals surface area contributed by atoms with Crippen LogP contribution in [0.1, 0.15) is 29.0 Å². The number of alkyl halides is 3. The fourth-order valence-electron chi connectivity index (χ4n) is 5.14. The number of nitrogens with one attached hydrogen (secondary N) is 4. The molecular weight excluding hydrogens is 683 g/mol. The molecule has 0 bridgehead atoms. The van der Waals surface area contributed by atoms with Crippen molar-refractivity contribution < 1.29 is 59.3 Å². The summed E-state index contributed by atoms with van der Waals surface area (Å²) in [7, 11) is 1.04. The van der Waals surface area contributed by atoms with Gasteiger partial charge in [-0.05, 0) is 48.2 Å². The third-order valence-corrected chi connectivity index (χ3v) is 7.60. The van der Waals surface area contributed by atoms with Crippen LogP contribution in [-0.4, -0.2) is 80.9 Å². The Bertz CT molecular complexity index is 1640. The summed E-state index contributed by atoms with van der Waals surface area (Å²) in [6, 6.07) is 5.50. The summed E-state index contributed by atoms with van der Waals surface area (Å²) in [5.74, 6) is -5.96. The number of morpholine rings is 1. The highest BCUT2D eigenvalue weighted by Crippen LogP contribution is 2.31. The van der Waals surface area contributed by atoms with E-state index in [9.17, 15) is 40.7 Å². The van der Waals surface area contributed by atoms with Gasteiger partial charge in [0.2, 0.25) is 5.91 Å². The minimum Gasteiger partial charge on any atom is -0.453 e. The van der Waals surface area contributed by atoms with E-state index in [2.05, 4.69) is 25.7 Å². The molecule has 1 fully saturated rings. The summed E-state index contributed by atoms with van der Waals surface area (Å²) in [5, 5.41) is 9.54. The first-order chi connectivity index (χ1) is 23.7. The molecule has 1 aliphatic heterocycles. The molecule has 0 spiro atoms. The lowest BCUT2D eigenvalue weighted by Crippen LogP contribution is -2.49. The number of aromatic nitrogens is 1. The number of benzene rings is 2. The van der Waals surface area contributed by atoms with Gasteiger partial charge in [-0.25, -0.2) is 27.2 Å². The van der Waals surface area contributed by atoms with E-state index in [0.29, 0.717) is 0 Å². The van der Waals surface area contributed by atoms with Crippen molar-refractivity contribution in [3.63, 3.8) is 0 Å². The lowest BCUT2D eigenvalue weighted by atomic mass is 9.84. The molecule has 1 saturated heterocycles.